The van der Waals surface area contributed by atoms with Gasteiger partial charge in [-0.3, -0.25) is 14.2 Å². The fourth-order valence-electron chi connectivity index (χ4n) is 4.80. The van der Waals surface area contributed by atoms with E-state index in [1.807, 2.05) is 89.0 Å². The number of aryl methyl sites for hydroxylation is 1. The quantitative estimate of drug-likeness (QED) is 0.187. The van der Waals surface area contributed by atoms with Gasteiger partial charge in [0.25, 0.3) is 11.8 Å². The Balaban J connectivity index is 1.24. The number of amides is 2. The van der Waals surface area contributed by atoms with Crippen molar-refractivity contribution in [3.05, 3.63) is 110 Å². The van der Waals surface area contributed by atoms with Crippen molar-refractivity contribution in [3.63, 3.8) is 0 Å². The molecule has 0 radical (unpaired) electrons. The lowest BCUT2D eigenvalue weighted by molar-refractivity contribution is -0.130. The van der Waals surface area contributed by atoms with Crippen LogP contribution in [0.4, 0.5) is 0 Å². The van der Waals surface area contributed by atoms with Gasteiger partial charge in [0.1, 0.15) is 5.75 Å². The van der Waals surface area contributed by atoms with Crippen molar-refractivity contribution in [1.29, 1.82) is 0 Å². The number of benzene rings is 2. The minimum Gasteiger partial charge on any atom is -0.497 e. The molecule has 12 heteroatoms. The van der Waals surface area contributed by atoms with E-state index in [9.17, 15) is 9.59 Å². The van der Waals surface area contributed by atoms with Crippen LogP contribution in [0.2, 0.25) is 0 Å². The van der Waals surface area contributed by atoms with Crippen molar-refractivity contribution >= 4 is 52.0 Å². The van der Waals surface area contributed by atoms with E-state index in [1.54, 1.807) is 29.5 Å². The van der Waals surface area contributed by atoms with Gasteiger partial charge in [-0.25, -0.2) is 5.01 Å². The molecule has 4 heterocycles. The van der Waals surface area contributed by atoms with Gasteiger partial charge in [-0.05, 0) is 65.2 Å². The van der Waals surface area contributed by atoms with Crippen LogP contribution in [0.5, 0.6) is 5.75 Å². The molecule has 1 aliphatic heterocycles. The second-order valence-corrected chi connectivity index (χ2v) is 12.6. The molecule has 2 amide bonds. The van der Waals surface area contributed by atoms with E-state index in [0.29, 0.717) is 22.3 Å². The standard InChI is InChI=1S/C31H28N6O3S3/c1-20-6-3-7-22(16-20)36-28(18-32-30(39)27-9-5-15-42-27)33-34-31(36)43-19-29(38)37-25(21-10-12-23(40-2)13-11-21)17-24(35-37)26-8-4-14-41-26/h3-16,25H,17-19H2,1-2H3,(H,32,39)/t25-/m0/s1. The molecular weight excluding hydrogens is 601 g/mol. The number of nitrogens with zero attached hydrogens (tertiary/aromatic N) is 5. The maximum atomic E-state index is 13.8. The molecule has 5 aromatic rings. The first-order chi connectivity index (χ1) is 21.0. The van der Waals surface area contributed by atoms with Gasteiger partial charge in [-0.1, -0.05) is 48.2 Å². The van der Waals surface area contributed by atoms with Crippen LogP contribution in [0, 0.1) is 6.92 Å². The summed E-state index contributed by atoms with van der Waals surface area (Å²) in [5.41, 5.74) is 3.80. The molecule has 0 bridgehead atoms. The van der Waals surface area contributed by atoms with Crippen LogP contribution in [0.3, 0.4) is 0 Å². The zero-order valence-corrected chi connectivity index (χ0v) is 25.9. The van der Waals surface area contributed by atoms with Gasteiger partial charge in [-0.2, -0.15) is 5.10 Å². The Kier molecular flexibility index (Phi) is 8.68. The molecule has 2 aromatic carbocycles. The predicted octanol–water partition coefficient (Wildman–Crippen LogP) is 6.11. The van der Waals surface area contributed by atoms with E-state index in [2.05, 4.69) is 15.5 Å². The van der Waals surface area contributed by atoms with Crippen molar-refractivity contribution < 1.29 is 14.3 Å². The number of rotatable bonds is 10. The van der Waals surface area contributed by atoms with Crippen LogP contribution in [-0.2, 0) is 11.3 Å². The van der Waals surface area contributed by atoms with E-state index in [-0.39, 0.29) is 30.2 Å². The molecule has 0 fully saturated rings. The lowest BCUT2D eigenvalue weighted by Gasteiger charge is -2.22. The van der Waals surface area contributed by atoms with Crippen molar-refractivity contribution in [2.24, 2.45) is 5.10 Å². The molecule has 6 rings (SSSR count). The van der Waals surface area contributed by atoms with E-state index < -0.39 is 0 Å². The van der Waals surface area contributed by atoms with Gasteiger partial charge in [0.2, 0.25) is 0 Å². The molecule has 3 aromatic heterocycles. The Morgan fingerprint density at radius 1 is 1.02 bits per heavy atom. The molecule has 0 aliphatic carbocycles. The normalized spacial score (nSPS) is 14.5. The van der Waals surface area contributed by atoms with Gasteiger partial charge < -0.3 is 10.1 Å². The minimum absolute atomic E-state index is 0.110. The van der Waals surface area contributed by atoms with Crippen LogP contribution in [0.25, 0.3) is 5.69 Å². The van der Waals surface area contributed by atoms with E-state index >= 15 is 0 Å². The van der Waals surface area contributed by atoms with Gasteiger partial charge in [0.05, 0.1) is 40.9 Å². The number of aromatic nitrogens is 3. The maximum absolute atomic E-state index is 13.8. The summed E-state index contributed by atoms with van der Waals surface area (Å²) in [7, 11) is 1.63. The van der Waals surface area contributed by atoms with Crippen LogP contribution >= 0.6 is 34.4 Å². The summed E-state index contributed by atoms with van der Waals surface area (Å²) in [4.78, 5) is 28.0. The zero-order chi connectivity index (χ0) is 29.8. The second kappa shape index (κ2) is 12.9. The van der Waals surface area contributed by atoms with Gasteiger partial charge in [0.15, 0.2) is 11.0 Å². The largest absolute Gasteiger partial charge is 0.497 e. The number of carbonyl (C=O) groups excluding carboxylic acids is 2. The van der Waals surface area contributed by atoms with Crippen molar-refractivity contribution in [2.75, 3.05) is 12.9 Å². The molecule has 0 spiro atoms. The summed E-state index contributed by atoms with van der Waals surface area (Å²) >= 11 is 4.29. The third kappa shape index (κ3) is 6.41. The van der Waals surface area contributed by atoms with E-state index in [1.165, 1.54) is 23.1 Å². The van der Waals surface area contributed by atoms with Crippen LogP contribution in [0.15, 0.2) is 93.8 Å². The molecule has 1 aliphatic rings. The summed E-state index contributed by atoms with van der Waals surface area (Å²) in [5.74, 6) is 1.13. The summed E-state index contributed by atoms with van der Waals surface area (Å²) in [6.45, 7) is 2.20. The fourth-order valence-corrected chi connectivity index (χ4v) is 6.98. The molecule has 0 unspecified atom stereocenters. The average Bonchev–Trinajstić information content (AvgIpc) is 3.85. The Bertz CT molecular complexity index is 1750. The summed E-state index contributed by atoms with van der Waals surface area (Å²) in [6, 6.07) is 23.1. The third-order valence-corrected chi connectivity index (χ3v) is 9.61. The lowest BCUT2D eigenvalue weighted by Crippen LogP contribution is -2.28. The average molecular weight is 629 g/mol. The summed E-state index contributed by atoms with van der Waals surface area (Å²) < 4.78 is 7.22. The Morgan fingerprint density at radius 3 is 2.56 bits per heavy atom. The predicted molar refractivity (Wildman–Crippen MR) is 170 cm³/mol. The number of ether oxygens (including phenoxy) is 1. The number of methoxy groups -OCH3 is 1. The van der Waals surface area contributed by atoms with Crippen LogP contribution < -0.4 is 10.1 Å². The third-order valence-electron chi connectivity index (χ3n) is 6.91. The topological polar surface area (TPSA) is 102 Å². The highest BCUT2D eigenvalue weighted by Gasteiger charge is 2.33. The highest BCUT2D eigenvalue weighted by atomic mass is 32.2. The highest BCUT2D eigenvalue weighted by molar-refractivity contribution is 7.99. The summed E-state index contributed by atoms with van der Waals surface area (Å²) in [5, 5.41) is 22.6. The van der Waals surface area contributed by atoms with Crippen molar-refractivity contribution in [3.8, 4) is 11.4 Å². The van der Waals surface area contributed by atoms with Gasteiger partial charge >= 0.3 is 0 Å². The molecule has 0 saturated carbocycles. The number of thiophene rings is 2. The summed E-state index contributed by atoms with van der Waals surface area (Å²) in [6.07, 6.45) is 0.622. The first kappa shape index (κ1) is 28.8. The van der Waals surface area contributed by atoms with Crippen molar-refractivity contribution in [2.45, 2.75) is 31.1 Å². The minimum atomic E-state index is -0.228. The molecule has 1 atom stereocenters. The molecule has 1 N–H and O–H groups in total. The smallest absolute Gasteiger partial charge is 0.261 e. The first-order valence-corrected chi connectivity index (χ1v) is 16.3. The van der Waals surface area contributed by atoms with Crippen LogP contribution in [0.1, 0.15) is 44.0 Å². The number of hydrogen-bond acceptors (Lipinski definition) is 9. The van der Waals surface area contributed by atoms with E-state index in [0.717, 1.165) is 33.2 Å². The van der Waals surface area contributed by atoms with E-state index in [4.69, 9.17) is 9.84 Å². The van der Waals surface area contributed by atoms with Gasteiger partial charge in [-0.15, -0.1) is 32.9 Å². The molecule has 43 heavy (non-hydrogen) atoms. The SMILES string of the molecule is COc1ccc([C@@H]2CC(c3cccs3)=NN2C(=O)CSc2nnc(CNC(=O)c3cccs3)n2-c2cccc(C)c2)cc1. The number of carbonyl (C=O) groups is 2. The van der Waals surface area contributed by atoms with Crippen molar-refractivity contribution in [1.82, 2.24) is 25.1 Å². The Labute approximate surface area is 261 Å². The highest BCUT2D eigenvalue weighted by Crippen LogP contribution is 2.35. The zero-order valence-electron chi connectivity index (χ0n) is 23.5. The second-order valence-electron chi connectivity index (χ2n) is 9.78. The Morgan fingerprint density at radius 2 is 1.84 bits per heavy atom. The first-order valence-electron chi connectivity index (χ1n) is 13.5. The monoisotopic (exact) mass is 628 g/mol. The number of hydrogen-bond donors (Lipinski definition) is 1. The maximum Gasteiger partial charge on any atom is 0.261 e. The Hall–Kier alpha value is -4.26. The molecular formula is C31H28N6O3S3. The fraction of sp³-hybridized carbons (Fsp3) is 0.194. The lowest BCUT2D eigenvalue weighted by atomic mass is 10.0. The molecule has 9 nitrogen and oxygen atoms in total. The number of thioether (sulfide) groups is 1. The molecule has 218 valence electrons. The van der Waals surface area contributed by atoms with Crippen LogP contribution in [-0.4, -0.2) is 50.2 Å². The molecule has 0 saturated heterocycles. The van der Waals surface area contributed by atoms with Gasteiger partial charge in [0, 0.05) is 12.1 Å². The number of hydrazone groups is 1. The number of nitrogens with one attached hydrogen (secondary N) is 1.